The average molecular weight is 175 g/mol. The molecule has 2 rings (SSSR count). The van der Waals surface area contributed by atoms with Crippen molar-refractivity contribution in [1.82, 2.24) is 9.97 Å². The van der Waals surface area contributed by atoms with Gasteiger partial charge in [-0.3, -0.25) is 0 Å². The minimum absolute atomic E-state index is 0.0345. The summed E-state index contributed by atoms with van der Waals surface area (Å²) in [5, 5.41) is 0. The SMILES string of the molecule is Cc1ccc2nc([C@H](C)N)[nH]c2c1. The van der Waals surface area contributed by atoms with E-state index in [9.17, 15) is 0 Å². The normalized spacial score (nSPS) is 13.5. The van der Waals surface area contributed by atoms with Gasteiger partial charge in [0.1, 0.15) is 5.82 Å². The van der Waals surface area contributed by atoms with Crippen LogP contribution in [0.2, 0.25) is 0 Å². The standard InChI is InChI=1S/C10H13N3/c1-6-3-4-8-9(5-6)13-10(12-8)7(2)11/h3-5,7H,11H2,1-2H3,(H,12,13)/t7-/m0/s1. The number of imidazole rings is 1. The van der Waals surface area contributed by atoms with Gasteiger partial charge in [0.2, 0.25) is 0 Å². The number of H-pyrrole nitrogens is 1. The van der Waals surface area contributed by atoms with Gasteiger partial charge in [-0.15, -0.1) is 0 Å². The van der Waals surface area contributed by atoms with E-state index in [1.54, 1.807) is 0 Å². The molecule has 0 aliphatic rings. The molecule has 0 bridgehead atoms. The number of aromatic nitrogens is 2. The quantitative estimate of drug-likeness (QED) is 0.695. The maximum Gasteiger partial charge on any atom is 0.123 e. The zero-order valence-corrected chi connectivity index (χ0v) is 7.83. The second kappa shape index (κ2) is 2.85. The summed E-state index contributed by atoms with van der Waals surface area (Å²) in [6.07, 6.45) is 0. The number of nitrogens with zero attached hydrogens (tertiary/aromatic N) is 1. The number of fused-ring (bicyclic) bond motifs is 1. The summed E-state index contributed by atoms with van der Waals surface area (Å²) in [5.41, 5.74) is 9.00. The molecular weight excluding hydrogens is 162 g/mol. The van der Waals surface area contributed by atoms with Crippen LogP contribution in [0.4, 0.5) is 0 Å². The Morgan fingerprint density at radius 2 is 2.23 bits per heavy atom. The highest BCUT2D eigenvalue weighted by molar-refractivity contribution is 5.75. The molecule has 0 saturated carbocycles. The summed E-state index contributed by atoms with van der Waals surface area (Å²) in [6, 6.07) is 6.10. The molecule has 0 aliphatic heterocycles. The number of aryl methyl sites for hydroxylation is 1. The monoisotopic (exact) mass is 175 g/mol. The van der Waals surface area contributed by atoms with Crippen molar-refractivity contribution in [2.45, 2.75) is 19.9 Å². The van der Waals surface area contributed by atoms with Crippen LogP contribution in [-0.4, -0.2) is 9.97 Å². The lowest BCUT2D eigenvalue weighted by Gasteiger charge is -1.96. The lowest BCUT2D eigenvalue weighted by molar-refractivity contribution is 0.760. The lowest BCUT2D eigenvalue weighted by atomic mass is 10.2. The Labute approximate surface area is 77.0 Å². The first-order valence-electron chi connectivity index (χ1n) is 4.38. The van der Waals surface area contributed by atoms with Gasteiger partial charge in [0.25, 0.3) is 0 Å². The van der Waals surface area contributed by atoms with E-state index >= 15 is 0 Å². The number of aromatic amines is 1. The maximum atomic E-state index is 5.72. The fourth-order valence-electron chi connectivity index (χ4n) is 1.36. The molecule has 0 unspecified atom stereocenters. The largest absolute Gasteiger partial charge is 0.341 e. The Kier molecular flexibility index (Phi) is 1.81. The molecule has 1 heterocycles. The van der Waals surface area contributed by atoms with Gasteiger partial charge in [-0.05, 0) is 31.5 Å². The third-order valence-electron chi connectivity index (χ3n) is 2.09. The van der Waals surface area contributed by atoms with Gasteiger partial charge in [-0.25, -0.2) is 4.98 Å². The van der Waals surface area contributed by atoms with E-state index < -0.39 is 0 Å². The zero-order valence-electron chi connectivity index (χ0n) is 7.83. The van der Waals surface area contributed by atoms with Crippen molar-refractivity contribution in [2.75, 3.05) is 0 Å². The van der Waals surface area contributed by atoms with Crippen molar-refractivity contribution in [3.63, 3.8) is 0 Å². The zero-order chi connectivity index (χ0) is 9.42. The van der Waals surface area contributed by atoms with E-state index in [2.05, 4.69) is 23.0 Å². The molecule has 0 saturated heterocycles. The molecule has 2 aromatic rings. The highest BCUT2D eigenvalue weighted by Crippen LogP contribution is 2.15. The minimum Gasteiger partial charge on any atom is -0.341 e. The van der Waals surface area contributed by atoms with Gasteiger partial charge in [-0.2, -0.15) is 0 Å². The Morgan fingerprint density at radius 1 is 1.46 bits per heavy atom. The Bertz CT molecular complexity index is 429. The van der Waals surface area contributed by atoms with E-state index in [1.165, 1.54) is 5.56 Å². The number of hydrogen-bond donors (Lipinski definition) is 2. The second-order valence-corrected chi connectivity index (χ2v) is 3.43. The first-order chi connectivity index (χ1) is 6.16. The summed E-state index contributed by atoms with van der Waals surface area (Å²) in [7, 11) is 0. The van der Waals surface area contributed by atoms with Crippen LogP contribution >= 0.6 is 0 Å². The van der Waals surface area contributed by atoms with Crippen LogP contribution in [0.25, 0.3) is 11.0 Å². The molecule has 13 heavy (non-hydrogen) atoms. The molecule has 0 fully saturated rings. The second-order valence-electron chi connectivity index (χ2n) is 3.43. The lowest BCUT2D eigenvalue weighted by Crippen LogP contribution is -2.06. The highest BCUT2D eigenvalue weighted by Gasteiger charge is 2.05. The Balaban J connectivity index is 2.62. The first kappa shape index (κ1) is 8.26. The summed E-state index contributed by atoms with van der Waals surface area (Å²) in [5.74, 6) is 0.848. The van der Waals surface area contributed by atoms with E-state index in [1.807, 2.05) is 19.1 Å². The number of nitrogens with two attached hydrogens (primary N) is 1. The van der Waals surface area contributed by atoms with Crippen LogP contribution in [0.1, 0.15) is 24.4 Å². The van der Waals surface area contributed by atoms with E-state index in [4.69, 9.17) is 5.73 Å². The van der Waals surface area contributed by atoms with Crippen molar-refractivity contribution in [3.05, 3.63) is 29.6 Å². The molecule has 68 valence electrons. The summed E-state index contributed by atoms with van der Waals surface area (Å²) < 4.78 is 0. The Hall–Kier alpha value is -1.35. The fraction of sp³-hybridized carbons (Fsp3) is 0.300. The molecular formula is C10H13N3. The molecule has 3 heteroatoms. The average Bonchev–Trinajstić information content (AvgIpc) is 2.46. The molecule has 0 amide bonds. The van der Waals surface area contributed by atoms with Crippen molar-refractivity contribution in [2.24, 2.45) is 5.73 Å². The number of nitrogens with one attached hydrogen (secondary N) is 1. The van der Waals surface area contributed by atoms with Crippen LogP contribution in [0.5, 0.6) is 0 Å². The van der Waals surface area contributed by atoms with Gasteiger partial charge in [0, 0.05) is 0 Å². The van der Waals surface area contributed by atoms with Gasteiger partial charge >= 0.3 is 0 Å². The van der Waals surface area contributed by atoms with Gasteiger partial charge in [0.15, 0.2) is 0 Å². The molecule has 1 atom stereocenters. The fourth-order valence-corrected chi connectivity index (χ4v) is 1.36. The molecule has 3 N–H and O–H groups in total. The van der Waals surface area contributed by atoms with Crippen molar-refractivity contribution < 1.29 is 0 Å². The smallest absolute Gasteiger partial charge is 0.123 e. The summed E-state index contributed by atoms with van der Waals surface area (Å²) in [6.45, 7) is 3.98. The van der Waals surface area contributed by atoms with E-state index in [0.717, 1.165) is 16.9 Å². The number of hydrogen-bond acceptors (Lipinski definition) is 2. The molecule has 0 radical (unpaired) electrons. The minimum atomic E-state index is -0.0345. The molecule has 3 nitrogen and oxygen atoms in total. The van der Waals surface area contributed by atoms with Crippen LogP contribution in [0.3, 0.4) is 0 Å². The Morgan fingerprint density at radius 3 is 2.92 bits per heavy atom. The van der Waals surface area contributed by atoms with Crippen LogP contribution < -0.4 is 5.73 Å². The van der Waals surface area contributed by atoms with Crippen molar-refractivity contribution in [1.29, 1.82) is 0 Å². The van der Waals surface area contributed by atoms with Gasteiger partial charge in [-0.1, -0.05) is 6.07 Å². The predicted molar refractivity (Wildman–Crippen MR) is 53.4 cm³/mol. The summed E-state index contributed by atoms with van der Waals surface area (Å²) >= 11 is 0. The molecule has 0 aliphatic carbocycles. The predicted octanol–water partition coefficient (Wildman–Crippen LogP) is 1.89. The van der Waals surface area contributed by atoms with Crippen LogP contribution in [-0.2, 0) is 0 Å². The topological polar surface area (TPSA) is 54.7 Å². The van der Waals surface area contributed by atoms with Crippen molar-refractivity contribution >= 4 is 11.0 Å². The number of benzene rings is 1. The highest BCUT2D eigenvalue weighted by atomic mass is 15.0. The first-order valence-corrected chi connectivity index (χ1v) is 4.38. The van der Waals surface area contributed by atoms with E-state index in [0.29, 0.717) is 0 Å². The molecule has 1 aromatic heterocycles. The van der Waals surface area contributed by atoms with Gasteiger partial charge in [0.05, 0.1) is 17.1 Å². The van der Waals surface area contributed by atoms with E-state index in [-0.39, 0.29) is 6.04 Å². The molecule has 0 spiro atoms. The third kappa shape index (κ3) is 1.42. The number of rotatable bonds is 1. The third-order valence-corrected chi connectivity index (χ3v) is 2.09. The van der Waals surface area contributed by atoms with Crippen LogP contribution in [0, 0.1) is 6.92 Å². The maximum absolute atomic E-state index is 5.72. The van der Waals surface area contributed by atoms with Crippen molar-refractivity contribution in [3.8, 4) is 0 Å². The van der Waals surface area contributed by atoms with Crippen LogP contribution in [0.15, 0.2) is 18.2 Å². The molecule has 1 aromatic carbocycles. The summed E-state index contributed by atoms with van der Waals surface area (Å²) in [4.78, 5) is 7.57. The van der Waals surface area contributed by atoms with Gasteiger partial charge < -0.3 is 10.7 Å².